The van der Waals surface area contributed by atoms with Gasteiger partial charge in [-0.25, -0.2) is 0 Å². The van der Waals surface area contributed by atoms with Crippen LogP contribution in [0, 0.1) is 0 Å². The lowest BCUT2D eigenvalue weighted by Gasteiger charge is -2.21. The zero-order valence-corrected chi connectivity index (χ0v) is 13.4. The highest BCUT2D eigenvalue weighted by atomic mass is 35.5. The Morgan fingerprint density at radius 2 is 2.04 bits per heavy atom. The van der Waals surface area contributed by atoms with Crippen molar-refractivity contribution in [3.05, 3.63) is 29.3 Å². The Morgan fingerprint density at radius 1 is 1.26 bits per heavy atom. The summed E-state index contributed by atoms with van der Waals surface area (Å²) >= 11 is 5.83. The normalized spacial score (nSPS) is 22.2. The van der Waals surface area contributed by atoms with E-state index in [0.29, 0.717) is 17.3 Å². The maximum Gasteiger partial charge on any atom is 0.313 e. The van der Waals surface area contributed by atoms with Crippen molar-refractivity contribution in [1.29, 1.82) is 0 Å². The van der Waals surface area contributed by atoms with Crippen LogP contribution in [0.2, 0.25) is 5.02 Å². The number of rotatable bonds is 3. The topological polar surface area (TPSA) is 76.7 Å². The minimum Gasteiger partial charge on any atom is -0.347 e. The Hall–Kier alpha value is -1.63. The summed E-state index contributed by atoms with van der Waals surface area (Å²) < 4.78 is 11.6. The van der Waals surface area contributed by atoms with E-state index < -0.39 is 17.6 Å². The van der Waals surface area contributed by atoms with Crippen molar-refractivity contribution in [2.45, 2.75) is 37.6 Å². The Kier molecular flexibility index (Phi) is 4.84. The van der Waals surface area contributed by atoms with E-state index in [1.165, 1.54) is 0 Å². The number of hydrogen-bond donors (Lipinski definition) is 2. The number of hydrogen-bond acceptors (Lipinski definition) is 4. The van der Waals surface area contributed by atoms with Gasteiger partial charge in [0.25, 0.3) is 0 Å². The molecule has 0 aromatic heterocycles. The molecule has 1 spiro atoms. The molecule has 1 aliphatic heterocycles. The van der Waals surface area contributed by atoms with E-state index in [-0.39, 0.29) is 12.6 Å². The average molecular weight is 339 g/mol. The molecule has 1 aromatic rings. The maximum atomic E-state index is 11.8. The van der Waals surface area contributed by atoms with Crippen LogP contribution in [0.15, 0.2) is 24.3 Å². The van der Waals surface area contributed by atoms with E-state index in [1.807, 2.05) is 0 Å². The van der Waals surface area contributed by atoms with Gasteiger partial charge in [-0.1, -0.05) is 17.7 Å². The average Bonchev–Trinajstić information content (AvgIpc) is 3.15. The number of amides is 2. The second-order valence-electron chi connectivity index (χ2n) is 5.84. The minimum absolute atomic E-state index is 0.212. The predicted molar refractivity (Wildman–Crippen MR) is 85.1 cm³/mol. The summed E-state index contributed by atoms with van der Waals surface area (Å²) in [5.74, 6) is -1.90. The van der Waals surface area contributed by atoms with E-state index >= 15 is 0 Å². The molecule has 7 heteroatoms. The fraction of sp³-hybridized carbons (Fsp3) is 0.500. The first-order valence-corrected chi connectivity index (χ1v) is 8.11. The molecule has 6 nitrogen and oxygen atoms in total. The van der Waals surface area contributed by atoms with Crippen molar-refractivity contribution in [2.24, 2.45) is 0 Å². The van der Waals surface area contributed by atoms with Crippen LogP contribution >= 0.6 is 11.6 Å². The molecule has 1 aliphatic carbocycles. The van der Waals surface area contributed by atoms with Crippen molar-refractivity contribution in [1.82, 2.24) is 5.32 Å². The van der Waals surface area contributed by atoms with E-state index in [4.69, 9.17) is 21.1 Å². The summed E-state index contributed by atoms with van der Waals surface area (Å²) in [6.07, 6.45) is 3.78. The number of benzene rings is 1. The molecule has 2 fully saturated rings. The highest BCUT2D eigenvalue weighted by Gasteiger charge is 2.43. The maximum absolute atomic E-state index is 11.8. The second-order valence-corrected chi connectivity index (χ2v) is 6.28. The number of nitrogens with one attached hydrogen (secondary N) is 2. The molecule has 3 rings (SSSR count). The van der Waals surface area contributed by atoms with Gasteiger partial charge in [0.15, 0.2) is 5.79 Å². The fourth-order valence-electron chi connectivity index (χ4n) is 2.93. The summed E-state index contributed by atoms with van der Waals surface area (Å²) in [6.45, 7) is 0.694. The van der Waals surface area contributed by atoms with Gasteiger partial charge in [0.2, 0.25) is 0 Å². The first kappa shape index (κ1) is 16.2. The molecule has 0 radical (unpaired) electrons. The number of ether oxygens (including phenoxy) is 2. The minimum atomic E-state index is -0.734. The molecule has 0 bridgehead atoms. The number of halogens is 1. The Bertz CT molecular complexity index is 601. The Balaban J connectivity index is 1.45. The van der Waals surface area contributed by atoms with Crippen molar-refractivity contribution in [3.8, 4) is 0 Å². The lowest BCUT2D eigenvalue weighted by atomic mass is 10.2. The van der Waals surface area contributed by atoms with Gasteiger partial charge in [0.1, 0.15) is 6.10 Å². The van der Waals surface area contributed by atoms with E-state index in [9.17, 15) is 9.59 Å². The molecule has 2 amide bonds. The molecule has 2 N–H and O–H groups in total. The van der Waals surface area contributed by atoms with Gasteiger partial charge in [0, 0.05) is 30.1 Å². The van der Waals surface area contributed by atoms with Gasteiger partial charge in [-0.15, -0.1) is 0 Å². The lowest BCUT2D eigenvalue weighted by molar-refractivity contribution is -0.161. The number of carbonyl (C=O) groups is 2. The molecule has 1 saturated carbocycles. The van der Waals surface area contributed by atoms with Crippen LogP contribution in [0.25, 0.3) is 0 Å². The lowest BCUT2D eigenvalue weighted by Crippen LogP contribution is -2.40. The fourth-order valence-corrected chi connectivity index (χ4v) is 3.12. The molecule has 2 aliphatic rings. The highest BCUT2D eigenvalue weighted by Crippen LogP contribution is 2.38. The Labute approximate surface area is 139 Å². The standard InChI is InChI=1S/C16H19ClN2O4/c17-11-4-3-5-12(8-11)19-15(21)14(20)18-9-13-10-22-16(23-13)6-1-2-7-16/h3-5,8,13H,1-2,6-7,9-10H2,(H,18,20)(H,19,21)/t13-/m1/s1. The smallest absolute Gasteiger partial charge is 0.313 e. The summed E-state index contributed by atoms with van der Waals surface area (Å²) in [5.41, 5.74) is 0.475. The van der Waals surface area contributed by atoms with Crippen molar-refractivity contribution >= 4 is 29.1 Å². The summed E-state index contributed by atoms with van der Waals surface area (Å²) in [7, 11) is 0. The third-order valence-corrected chi connectivity index (χ3v) is 4.29. The van der Waals surface area contributed by atoms with Gasteiger partial charge in [-0.2, -0.15) is 0 Å². The largest absolute Gasteiger partial charge is 0.347 e. The van der Waals surface area contributed by atoms with Crippen LogP contribution < -0.4 is 10.6 Å². The molecule has 23 heavy (non-hydrogen) atoms. The Morgan fingerprint density at radius 3 is 2.78 bits per heavy atom. The van der Waals surface area contributed by atoms with Crippen molar-refractivity contribution in [3.63, 3.8) is 0 Å². The van der Waals surface area contributed by atoms with Crippen LogP contribution in [0.5, 0.6) is 0 Å². The SMILES string of the molecule is O=C(NC[C@@H]1COC2(CCCC2)O1)C(=O)Nc1cccc(Cl)c1. The molecular formula is C16H19ClN2O4. The third-order valence-electron chi connectivity index (χ3n) is 4.06. The van der Waals surface area contributed by atoms with E-state index in [1.54, 1.807) is 24.3 Å². The molecule has 0 unspecified atom stereocenters. The quantitative estimate of drug-likeness (QED) is 0.827. The second kappa shape index (κ2) is 6.86. The number of anilines is 1. The molecular weight excluding hydrogens is 320 g/mol. The van der Waals surface area contributed by atoms with Crippen LogP contribution in [-0.2, 0) is 19.1 Å². The van der Waals surface area contributed by atoms with Crippen LogP contribution in [0.4, 0.5) is 5.69 Å². The monoisotopic (exact) mass is 338 g/mol. The predicted octanol–water partition coefficient (Wildman–Crippen LogP) is 2.08. The van der Waals surface area contributed by atoms with Crippen molar-refractivity contribution in [2.75, 3.05) is 18.5 Å². The summed E-state index contributed by atoms with van der Waals surface area (Å²) in [5, 5.41) is 5.56. The van der Waals surface area contributed by atoms with Gasteiger partial charge in [-0.3, -0.25) is 9.59 Å². The van der Waals surface area contributed by atoms with E-state index in [0.717, 1.165) is 25.7 Å². The zero-order chi connectivity index (χ0) is 16.3. The molecule has 1 aromatic carbocycles. The molecule has 1 heterocycles. The first-order chi connectivity index (χ1) is 11.1. The highest BCUT2D eigenvalue weighted by molar-refractivity contribution is 6.39. The van der Waals surface area contributed by atoms with Gasteiger partial charge < -0.3 is 20.1 Å². The van der Waals surface area contributed by atoms with Gasteiger partial charge in [0.05, 0.1) is 6.61 Å². The molecule has 124 valence electrons. The zero-order valence-electron chi connectivity index (χ0n) is 12.6. The van der Waals surface area contributed by atoms with Crippen LogP contribution in [0.1, 0.15) is 25.7 Å². The molecule has 1 atom stereocenters. The first-order valence-electron chi connectivity index (χ1n) is 7.73. The number of carbonyl (C=O) groups excluding carboxylic acids is 2. The van der Waals surface area contributed by atoms with E-state index in [2.05, 4.69) is 10.6 Å². The van der Waals surface area contributed by atoms with Gasteiger partial charge in [-0.05, 0) is 31.0 Å². The molecule has 1 saturated heterocycles. The third kappa shape index (κ3) is 4.02. The van der Waals surface area contributed by atoms with Gasteiger partial charge >= 0.3 is 11.8 Å². The summed E-state index contributed by atoms with van der Waals surface area (Å²) in [4.78, 5) is 23.7. The van der Waals surface area contributed by atoms with Crippen molar-refractivity contribution < 1.29 is 19.1 Å². The van der Waals surface area contributed by atoms with Crippen LogP contribution in [0.3, 0.4) is 0 Å². The summed E-state index contributed by atoms with van der Waals surface area (Å²) in [6, 6.07) is 6.62. The van der Waals surface area contributed by atoms with Crippen LogP contribution in [-0.4, -0.2) is 36.9 Å².